The van der Waals surface area contributed by atoms with Crippen LogP contribution >= 0.6 is 11.6 Å². The Labute approximate surface area is 211 Å². The van der Waals surface area contributed by atoms with Crippen LogP contribution in [0.15, 0.2) is 47.6 Å². The minimum atomic E-state index is -0.461. The van der Waals surface area contributed by atoms with Crippen LogP contribution in [-0.4, -0.2) is 68.5 Å². The van der Waals surface area contributed by atoms with Crippen LogP contribution in [0.25, 0.3) is 0 Å². The van der Waals surface area contributed by atoms with Gasteiger partial charge in [0.1, 0.15) is 18.0 Å². The highest BCUT2D eigenvalue weighted by Crippen LogP contribution is 2.40. The Morgan fingerprint density at radius 1 is 1.14 bits per heavy atom. The molecule has 1 atom stereocenters. The summed E-state index contributed by atoms with van der Waals surface area (Å²) in [5.74, 6) is 0.553. The smallest absolute Gasteiger partial charge is 0.262 e. The molecule has 9 heteroatoms. The molecule has 0 bridgehead atoms. The molecule has 0 radical (unpaired) electrons. The molecule has 0 N–H and O–H groups in total. The number of hydrogen-bond acceptors (Lipinski definition) is 6. The van der Waals surface area contributed by atoms with Crippen LogP contribution in [0.5, 0.6) is 11.5 Å². The Kier molecular flexibility index (Phi) is 9.12. The van der Waals surface area contributed by atoms with Crippen LogP contribution in [-0.2, 0) is 14.3 Å². The topological polar surface area (TPSA) is 80.7 Å². The summed E-state index contributed by atoms with van der Waals surface area (Å²) < 4.78 is 16.2. The van der Waals surface area contributed by atoms with E-state index in [0.717, 1.165) is 11.1 Å². The lowest BCUT2D eigenvalue weighted by molar-refractivity contribution is -0.143. The molecule has 1 aliphatic heterocycles. The van der Waals surface area contributed by atoms with Gasteiger partial charge in [-0.25, -0.2) is 5.01 Å². The van der Waals surface area contributed by atoms with Crippen molar-refractivity contribution in [2.75, 3.05) is 41.0 Å². The third-order valence-electron chi connectivity index (χ3n) is 5.84. The number of halogens is 1. The van der Waals surface area contributed by atoms with Gasteiger partial charge < -0.3 is 19.1 Å². The second-order valence-corrected chi connectivity index (χ2v) is 8.91. The Bertz CT molecular complexity index is 1090. The summed E-state index contributed by atoms with van der Waals surface area (Å²) in [5, 5.41) is 6.68. The fourth-order valence-electron chi connectivity index (χ4n) is 4.01. The number of benzene rings is 2. The van der Waals surface area contributed by atoms with Crippen molar-refractivity contribution in [3.8, 4) is 11.5 Å². The average molecular weight is 502 g/mol. The highest BCUT2D eigenvalue weighted by molar-refractivity contribution is 6.34. The van der Waals surface area contributed by atoms with Crippen molar-refractivity contribution in [3.63, 3.8) is 0 Å². The molecule has 0 fully saturated rings. The van der Waals surface area contributed by atoms with Gasteiger partial charge in [0.15, 0.2) is 0 Å². The predicted octanol–water partition coefficient (Wildman–Crippen LogP) is 4.17. The number of methoxy groups -OCH3 is 3. The van der Waals surface area contributed by atoms with E-state index in [-0.39, 0.29) is 24.3 Å². The van der Waals surface area contributed by atoms with Crippen LogP contribution in [0.4, 0.5) is 0 Å². The summed E-state index contributed by atoms with van der Waals surface area (Å²) in [6.07, 6.45) is 0.426. The largest absolute Gasteiger partial charge is 0.497 e. The number of ether oxygens (including phenoxy) is 3. The molecule has 2 aromatic carbocycles. The van der Waals surface area contributed by atoms with Gasteiger partial charge in [-0.15, -0.1) is 0 Å². The van der Waals surface area contributed by atoms with Gasteiger partial charge >= 0.3 is 0 Å². The number of hydrogen-bond donors (Lipinski definition) is 0. The first-order chi connectivity index (χ1) is 16.8. The Balaban J connectivity index is 2.01. The Morgan fingerprint density at radius 3 is 2.51 bits per heavy atom. The van der Waals surface area contributed by atoms with Gasteiger partial charge in [0.2, 0.25) is 5.91 Å². The van der Waals surface area contributed by atoms with Crippen molar-refractivity contribution in [1.82, 2.24) is 9.91 Å². The second-order valence-electron chi connectivity index (χ2n) is 8.50. The van der Waals surface area contributed by atoms with Gasteiger partial charge in [0.25, 0.3) is 5.91 Å². The van der Waals surface area contributed by atoms with E-state index in [4.69, 9.17) is 30.9 Å². The number of hydrazone groups is 1. The van der Waals surface area contributed by atoms with Gasteiger partial charge in [0, 0.05) is 42.1 Å². The molecule has 0 aliphatic carbocycles. The lowest BCUT2D eigenvalue weighted by Gasteiger charge is -2.28. The lowest BCUT2D eigenvalue weighted by Crippen LogP contribution is -2.44. The molecule has 1 aliphatic rings. The third-order valence-corrected chi connectivity index (χ3v) is 6.17. The fourth-order valence-corrected chi connectivity index (χ4v) is 4.25. The first-order valence-electron chi connectivity index (χ1n) is 11.4. The highest BCUT2D eigenvalue weighted by atomic mass is 35.5. The van der Waals surface area contributed by atoms with Crippen LogP contribution in [0.1, 0.15) is 37.4 Å². The summed E-state index contributed by atoms with van der Waals surface area (Å²) in [7, 11) is 4.72. The normalized spacial score (nSPS) is 15.2. The molecule has 3 rings (SSSR count). The van der Waals surface area contributed by atoms with E-state index in [1.54, 1.807) is 53.4 Å². The van der Waals surface area contributed by atoms with Crippen LogP contribution in [0.2, 0.25) is 5.02 Å². The molecule has 0 aromatic heterocycles. The average Bonchev–Trinajstić information content (AvgIpc) is 3.31. The minimum absolute atomic E-state index is 0.123. The SMILES string of the molecule is COCCN(CC(=O)N1N=C(c2ccccc2Cl)C[C@H]1c1cc(OC)ccc1OC)C(=O)C(C)C. The highest BCUT2D eigenvalue weighted by Gasteiger charge is 2.36. The summed E-state index contributed by atoms with van der Waals surface area (Å²) >= 11 is 6.45. The zero-order chi connectivity index (χ0) is 25.5. The first kappa shape index (κ1) is 26.5. The second kappa shape index (κ2) is 12.0. The van der Waals surface area contributed by atoms with E-state index >= 15 is 0 Å². The molecule has 0 saturated carbocycles. The Hall–Kier alpha value is -3.10. The monoisotopic (exact) mass is 501 g/mol. The molecule has 1 heterocycles. The third kappa shape index (κ3) is 6.13. The number of amides is 2. The molecular weight excluding hydrogens is 470 g/mol. The van der Waals surface area contributed by atoms with E-state index in [0.29, 0.717) is 41.8 Å². The Morgan fingerprint density at radius 2 is 1.89 bits per heavy atom. The van der Waals surface area contributed by atoms with E-state index in [9.17, 15) is 9.59 Å². The van der Waals surface area contributed by atoms with Crippen molar-refractivity contribution in [2.24, 2.45) is 11.0 Å². The molecule has 2 amide bonds. The predicted molar refractivity (Wildman–Crippen MR) is 135 cm³/mol. The summed E-state index contributed by atoms with van der Waals surface area (Å²) in [6.45, 7) is 4.12. The van der Waals surface area contributed by atoms with Gasteiger partial charge in [-0.05, 0) is 24.3 Å². The summed E-state index contributed by atoms with van der Waals surface area (Å²) in [4.78, 5) is 27.9. The number of nitrogens with zero attached hydrogens (tertiary/aromatic N) is 3. The van der Waals surface area contributed by atoms with Crippen molar-refractivity contribution >= 4 is 29.1 Å². The number of rotatable bonds is 10. The zero-order valence-electron chi connectivity index (χ0n) is 20.8. The van der Waals surface area contributed by atoms with E-state index in [1.807, 2.05) is 24.3 Å². The number of carbonyl (C=O) groups is 2. The standard InChI is InChI=1S/C26H32ClN3O5/c1-17(2)26(32)29(12-13-33-3)16-25(31)30-23(20-14-18(34-4)10-11-24(20)35-5)15-22(28-30)19-8-6-7-9-21(19)27/h6-11,14,17,23H,12-13,15-16H2,1-5H3/t23-/m0/s1. The van der Waals surface area contributed by atoms with Crippen molar-refractivity contribution in [1.29, 1.82) is 0 Å². The maximum absolute atomic E-state index is 13.6. The van der Waals surface area contributed by atoms with E-state index in [1.165, 1.54) is 9.91 Å². The summed E-state index contributed by atoms with van der Waals surface area (Å²) in [6, 6.07) is 12.4. The molecule has 188 valence electrons. The van der Waals surface area contributed by atoms with Gasteiger partial charge in [-0.3, -0.25) is 9.59 Å². The molecule has 0 saturated heterocycles. The van der Waals surface area contributed by atoms with Gasteiger partial charge in [-0.1, -0.05) is 43.6 Å². The maximum atomic E-state index is 13.6. The molecule has 2 aromatic rings. The fraction of sp³-hybridized carbons (Fsp3) is 0.423. The van der Waals surface area contributed by atoms with Crippen LogP contribution < -0.4 is 9.47 Å². The van der Waals surface area contributed by atoms with E-state index in [2.05, 4.69) is 0 Å². The molecule has 35 heavy (non-hydrogen) atoms. The number of carbonyl (C=O) groups excluding carboxylic acids is 2. The lowest BCUT2D eigenvalue weighted by atomic mass is 9.97. The van der Waals surface area contributed by atoms with Crippen molar-refractivity contribution in [3.05, 3.63) is 58.6 Å². The maximum Gasteiger partial charge on any atom is 0.262 e. The first-order valence-corrected chi connectivity index (χ1v) is 11.8. The summed E-state index contributed by atoms with van der Waals surface area (Å²) in [5.41, 5.74) is 2.19. The van der Waals surface area contributed by atoms with Crippen LogP contribution in [0, 0.1) is 5.92 Å². The van der Waals surface area contributed by atoms with Gasteiger partial charge in [0.05, 0.1) is 32.6 Å². The molecule has 0 spiro atoms. The van der Waals surface area contributed by atoms with Crippen LogP contribution in [0.3, 0.4) is 0 Å². The van der Waals surface area contributed by atoms with Gasteiger partial charge in [-0.2, -0.15) is 5.10 Å². The zero-order valence-corrected chi connectivity index (χ0v) is 21.5. The van der Waals surface area contributed by atoms with E-state index < -0.39 is 6.04 Å². The van der Waals surface area contributed by atoms with Crippen molar-refractivity contribution < 1.29 is 23.8 Å². The minimum Gasteiger partial charge on any atom is -0.497 e. The van der Waals surface area contributed by atoms with Crippen molar-refractivity contribution in [2.45, 2.75) is 26.3 Å². The quantitative estimate of drug-likeness (QED) is 0.488. The molecular formula is C26H32ClN3O5. The molecule has 8 nitrogen and oxygen atoms in total. The molecule has 0 unspecified atom stereocenters.